The summed E-state index contributed by atoms with van der Waals surface area (Å²) in [4.78, 5) is 4.70. The third kappa shape index (κ3) is 2.97. The van der Waals surface area contributed by atoms with Crippen LogP contribution in [0.15, 0.2) is 46.4 Å². The molecule has 2 nitrogen and oxygen atoms in total. The predicted molar refractivity (Wildman–Crippen MR) is 90.4 cm³/mol. The van der Waals surface area contributed by atoms with Crippen LogP contribution in [-0.2, 0) is 6.42 Å². The van der Waals surface area contributed by atoms with E-state index in [0.717, 1.165) is 13.0 Å². The third-order valence-electron chi connectivity index (χ3n) is 3.54. The molecule has 4 heteroatoms. The second-order valence-electron chi connectivity index (χ2n) is 4.93. The van der Waals surface area contributed by atoms with Crippen molar-refractivity contribution in [2.75, 3.05) is 6.54 Å². The number of aromatic nitrogens is 1. The van der Waals surface area contributed by atoms with E-state index >= 15 is 0 Å². The molecule has 2 aromatic heterocycles. The Morgan fingerprint density at radius 3 is 2.90 bits per heavy atom. The molecule has 0 saturated heterocycles. The number of thiophene rings is 1. The van der Waals surface area contributed by atoms with E-state index in [1.165, 1.54) is 25.1 Å². The first-order valence-electron chi connectivity index (χ1n) is 6.77. The number of aromatic amines is 1. The molecule has 1 aromatic carbocycles. The van der Waals surface area contributed by atoms with Crippen molar-refractivity contribution in [1.29, 1.82) is 0 Å². The summed E-state index contributed by atoms with van der Waals surface area (Å²) in [5.74, 6) is 0. The van der Waals surface area contributed by atoms with E-state index in [0.29, 0.717) is 6.04 Å². The molecular weight excluding hydrogens is 332 g/mol. The number of fused-ring (bicyclic) bond motifs is 1. The predicted octanol–water partition coefficient (Wildman–Crippen LogP) is 4.89. The molecule has 0 fully saturated rings. The van der Waals surface area contributed by atoms with E-state index < -0.39 is 0 Å². The Morgan fingerprint density at radius 2 is 2.10 bits per heavy atom. The SMILES string of the molecule is CC(NCCc1c[nH]c2ccccc12)c1ccc(Br)s1. The molecule has 3 aromatic rings. The molecule has 0 aliphatic carbocycles. The van der Waals surface area contributed by atoms with Crippen molar-refractivity contribution >= 4 is 38.2 Å². The Kier molecular flexibility index (Phi) is 4.24. The zero-order valence-corrected chi connectivity index (χ0v) is 13.7. The van der Waals surface area contributed by atoms with Crippen LogP contribution in [0.1, 0.15) is 23.4 Å². The van der Waals surface area contributed by atoms with Crippen molar-refractivity contribution in [3.63, 3.8) is 0 Å². The smallest absolute Gasteiger partial charge is 0.0701 e. The van der Waals surface area contributed by atoms with Gasteiger partial charge in [-0.15, -0.1) is 11.3 Å². The third-order valence-corrected chi connectivity index (χ3v) is 5.35. The molecule has 1 atom stereocenters. The van der Waals surface area contributed by atoms with Crippen molar-refractivity contribution in [2.45, 2.75) is 19.4 Å². The first-order chi connectivity index (χ1) is 9.74. The minimum Gasteiger partial charge on any atom is -0.361 e. The van der Waals surface area contributed by atoms with Gasteiger partial charge in [0.1, 0.15) is 0 Å². The normalized spacial score (nSPS) is 12.9. The van der Waals surface area contributed by atoms with Gasteiger partial charge in [-0.1, -0.05) is 18.2 Å². The highest BCUT2D eigenvalue weighted by Crippen LogP contribution is 2.27. The van der Waals surface area contributed by atoms with Crippen LogP contribution in [0, 0.1) is 0 Å². The molecule has 0 radical (unpaired) electrons. The summed E-state index contributed by atoms with van der Waals surface area (Å²) in [6.45, 7) is 3.20. The molecule has 2 N–H and O–H groups in total. The maximum absolute atomic E-state index is 3.59. The standard InChI is InChI=1S/C16H17BrN2S/c1-11(15-6-7-16(17)20-15)18-9-8-12-10-19-14-5-3-2-4-13(12)14/h2-7,10-11,18-19H,8-9H2,1H3. The van der Waals surface area contributed by atoms with E-state index in [9.17, 15) is 0 Å². The molecule has 104 valence electrons. The number of para-hydroxylation sites is 1. The number of hydrogen-bond donors (Lipinski definition) is 2. The quantitative estimate of drug-likeness (QED) is 0.675. The number of halogens is 1. The molecule has 0 amide bonds. The number of rotatable bonds is 5. The maximum atomic E-state index is 3.59. The number of benzene rings is 1. The monoisotopic (exact) mass is 348 g/mol. The fraction of sp³-hybridized carbons (Fsp3) is 0.250. The molecule has 0 saturated carbocycles. The van der Waals surface area contributed by atoms with Gasteiger partial charge in [-0.2, -0.15) is 0 Å². The van der Waals surface area contributed by atoms with Crippen molar-refractivity contribution in [3.05, 3.63) is 56.8 Å². The molecule has 0 bridgehead atoms. The molecular formula is C16H17BrN2S. The maximum Gasteiger partial charge on any atom is 0.0701 e. The minimum absolute atomic E-state index is 0.400. The summed E-state index contributed by atoms with van der Waals surface area (Å²) in [5, 5.41) is 4.92. The van der Waals surface area contributed by atoms with E-state index in [2.05, 4.69) is 75.7 Å². The second-order valence-corrected chi connectivity index (χ2v) is 7.42. The summed E-state index contributed by atoms with van der Waals surface area (Å²) in [6.07, 6.45) is 3.17. The average molecular weight is 349 g/mol. The van der Waals surface area contributed by atoms with E-state index in [1.807, 2.05) is 0 Å². The van der Waals surface area contributed by atoms with Gasteiger partial charge in [-0.25, -0.2) is 0 Å². The van der Waals surface area contributed by atoms with E-state index in [-0.39, 0.29) is 0 Å². The fourth-order valence-electron chi connectivity index (χ4n) is 2.42. The van der Waals surface area contributed by atoms with Gasteiger partial charge in [0.15, 0.2) is 0 Å². The van der Waals surface area contributed by atoms with Gasteiger partial charge < -0.3 is 10.3 Å². The number of nitrogens with one attached hydrogen (secondary N) is 2. The first-order valence-corrected chi connectivity index (χ1v) is 8.38. The Labute approximate surface area is 131 Å². The Hall–Kier alpha value is -1.10. The second kappa shape index (κ2) is 6.12. The van der Waals surface area contributed by atoms with Gasteiger partial charge in [0.2, 0.25) is 0 Å². The van der Waals surface area contributed by atoms with Crippen molar-refractivity contribution < 1.29 is 0 Å². The van der Waals surface area contributed by atoms with Crippen LogP contribution in [0.2, 0.25) is 0 Å². The molecule has 1 unspecified atom stereocenters. The van der Waals surface area contributed by atoms with Crippen LogP contribution >= 0.6 is 27.3 Å². The van der Waals surface area contributed by atoms with Crippen LogP contribution < -0.4 is 5.32 Å². The van der Waals surface area contributed by atoms with Gasteiger partial charge in [0.05, 0.1) is 3.79 Å². The first kappa shape index (κ1) is 13.9. The highest BCUT2D eigenvalue weighted by Gasteiger charge is 2.08. The van der Waals surface area contributed by atoms with Crippen LogP contribution in [0.4, 0.5) is 0 Å². The summed E-state index contributed by atoms with van der Waals surface area (Å²) in [5.41, 5.74) is 2.60. The summed E-state index contributed by atoms with van der Waals surface area (Å²) in [6, 6.07) is 13.2. The average Bonchev–Trinajstić information content (AvgIpc) is 3.06. The van der Waals surface area contributed by atoms with Crippen molar-refractivity contribution in [3.8, 4) is 0 Å². The molecule has 0 aliphatic rings. The van der Waals surface area contributed by atoms with Crippen molar-refractivity contribution in [2.24, 2.45) is 0 Å². The Bertz CT molecular complexity index is 701. The lowest BCUT2D eigenvalue weighted by Gasteiger charge is -2.11. The lowest BCUT2D eigenvalue weighted by molar-refractivity contribution is 0.585. The van der Waals surface area contributed by atoms with Crippen LogP contribution in [0.25, 0.3) is 10.9 Å². The highest BCUT2D eigenvalue weighted by atomic mass is 79.9. The Morgan fingerprint density at radius 1 is 1.25 bits per heavy atom. The molecule has 0 spiro atoms. The van der Waals surface area contributed by atoms with Crippen LogP contribution in [0.5, 0.6) is 0 Å². The number of H-pyrrole nitrogens is 1. The molecule has 3 rings (SSSR count). The van der Waals surface area contributed by atoms with Gasteiger partial charge >= 0.3 is 0 Å². The van der Waals surface area contributed by atoms with Crippen LogP contribution in [0.3, 0.4) is 0 Å². The van der Waals surface area contributed by atoms with Gasteiger partial charge in [0, 0.05) is 28.0 Å². The topological polar surface area (TPSA) is 27.8 Å². The Balaban J connectivity index is 1.60. The largest absolute Gasteiger partial charge is 0.361 e. The minimum atomic E-state index is 0.400. The molecule has 2 heterocycles. The number of hydrogen-bond acceptors (Lipinski definition) is 2. The fourth-order valence-corrected chi connectivity index (χ4v) is 3.87. The molecule has 0 aliphatic heterocycles. The van der Waals surface area contributed by atoms with Crippen LogP contribution in [-0.4, -0.2) is 11.5 Å². The van der Waals surface area contributed by atoms with E-state index in [4.69, 9.17) is 0 Å². The zero-order valence-electron chi connectivity index (χ0n) is 11.3. The molecule has 20 heavy (non-hydrogen) atoms. The van der Waals surface area contributed by atoms with Gasteiger partial charge in [-0.3, -0.25) is 0 Å². The summed E-state index contributed by atoms with van der Waals surface area (Å²) in [7, 11) is 0. The highest BCUT2D eigenvalue weighted by molar-refractivity contribution is 9.11. The summed E-state index contributed by atoms with van der Waals surface area (Å²) < 4.78 is 1.19. The van der Waals surface area contributed by atoms with Gasteiger partial charge in [-0.05, 0) is 59.6 Å². The lowest BCUT2D eigenvalue weighted by Crippen LogP contribution is -2.20. The summed E-state index contributed by atoms with van der Waals surface area (Å²) >= 11 is 5.31. The lowest BCUT2D eigenvalue weighted by atomic mass is 10.1. The van der Waals surface area contributed by atoms with Gasteiger partial charge in [0.25, 0.3) is 0 Å². The zero-order chi connectivity index (χ0) is 13.9. The van der Waals surface area contributed by atoms with E-state index in [1.54, 1.807) is 11.3 Å². The van der Waals surface area contributed by atoms with Crippen molar-refractivity contribution in [1.82, 2.24) is 10.3 Å².